The van der Waals surface area contributed by atoms with Crippen molar-refractivity contribution in [2.24, 2.45) is 0 Å². The lowest BCUT2D eigenvalue weighted by molar-refractivity contribution is -0.137. The second kappa shape index (κ2) is 8.22. The van der Waals surface area contributed by atoms with Gasteiger partial charge < -0.3 is 9.64 Å². The summed E-state index contributed by atoms with van der Waals surface area (Å²) in [5.41, 5.74) is -0.130. The molecule has 0 radical (unpaired) electrons. The van der Waals surface area contributed by atoms with Crippen molar-refractivity contribution in [3.05, 3.63) is 57.8 Å². The van der Waals surface area contributed by atoms with Crippen LogP contribution in [0.3, 0.4) is 0 Å². The average molecular weight is 383 g/mol. The molecule has 140 valence electrons. The molecule has 0 aliphatic carbocycles. The largest absolute Gasteiger partial charge is 0.416 e. The lowest BCUT2D eigenvalue weighted by Crippen LogP contribution is -2.37. The van der Waals surface area contributed by atoms with E-state index < -0.39 is 11.7 Å². The molecule has 1 aliphatic rings. The topological polar surface area (TPSA) is 29.5 Å². The Morgan fingerprint density at radius 3 is 2.58 bits per heavy atom. The Bertz CT molecular complexity index is 707. The van der Waals surface area contributed by atoms with Crippen LogP contribution in [0.5, 0.6) is 0 Å². The van der Waals surface area contributed by atoms with E-state index in [1.54, 1.807) is 16.2 Å². The van der Waals surface area contributed by atoms with Crippen molar-refractivity contribution in [1.29, 1.82) is 0 Å². The number of carbonyl (C=O) groups is 1. The predicted molar refractivity (Wildman–Crippen MR) is 93.9 cm³/mol. The molecule has 2 heterocycles. The van der Waals surface area contributed by atoms with Crippen molar-refractivity contribution < 1.29 is 22.7 Å². The average Bonchev–Trinajstić information content (AvgIpc) is 3.28. The molecule has 1 fully saturated rings. The van der Waals surface area contributed by atoms with E-state index in [0.29, 0.717) is 25.3 Å². The molecular weight excluding hydrogens is 363 g/mol. The third kappa shape index (κ3) is 5.08. The third-order valence-electron chi connectivity index (χ3n) is 4.36. The van der Waals surface area contributed by atoms with Gasteiger partial charge in [0.05, 0.1) is 24.6 Å². The van der Waals surface area contributed by atoms with E-state index >= 15 is 0 Å². The molecule has 2 aromatic rings. The summed E-state index contributed by atoms with van der Waals surface area (Å²) in [6.45, 7) is 1.72. The minimum absolute atomic E-state index is 0.0338. The SMILES string of the molecule is O=C(Cc1ccc(C(F)(F)F)cc1)N(Cc1cccs1)CC1CCCO1. The van der Waals surface area contributed by atoms with Crippen LogP contribution >= 0.6 is 11.3 Å². The van der Waals surface area contributed by atoms with Gasteiger partial charge in [0.25, 0.3) is 0 Å². The number of rotatable bonds is 6. The van der Waals surface area contributed by atoms with Gasteiger partial charge >= 0.3 is 6.18 Å². The Morgan fingerprint density at radius 2 is 2.00 bits per heavy atom. The van der Waals surface area contributed by atoms with E-state index in [4.69, 9.17) is 4.74 Å². The van der Waals surface area contributed by atoms with E-state index in [0.717, 1.165) is 29.9 Å². The van der Waals surface area contributed by atoms with Crippen LogP contribution in [0.15, 0.2) is 41.8 Å². The second-order valence-corrected chi connectivity index (χ2v) is 7.39. The Labute approximate surface area is 154 Å². The zero-order valence-electron chi connectivity index (χ0n) is 14.2. The lowest BCUT2D eigenvalue weighted by Gasteiger charge is -2.25. The molecule has 1 aromatic carbocycles. The number of halogens is 3. The number of thiophene rings is 1. The molecule has 3 rings (SSSR count). The van der Waals surface area contributed by atoms with E-state index in [-0.39, 0.29) is 18.4 Å². The minimum atomic E-state index is -4.37. The molecule has 1 atom stereocenters. The normalized spacial score (nSPS) is 17.4. The first-order valence-corrected chi connectivity index (χ1v) is 9.37. The molecule has 7 heteroatoms. The van der Waals surface area contributed by atoms with Crippen LogP contribution < -0.4 is 0 Å². The summed E-state index contributed by atoms with van der Waals surface area (Å²) in [4.78, 5) is 15.6. The van der Waals surface area contributed by atoms with Crippen molar-refractivity contribution in [2.45, 2.75) is 38.1 Å². The molecule has 1 aromatic heterocycles. The van der Waals surface area contributed by atoms with E-state index in [2.05, 4.69) is 0 Å². The number of amides is 1. The van der Waals surface area contributed by atoms with Gasteiger partial charge in [-0.15, -0.1) is 11.3 Å². The van der Waals surface area contributed by atoms with Gasteiger partial charge in [0.1, 0.15) is 0 Å². The van der Waals surface area contributed by atoms with Crippen molar-refractivity contribution in [1.82, 2.24) is 4.90 Å². The van der Waals surface area contributed by atoms with Crippen LogP contribution in [-0.2, 0) is 28.7 Å². The quantitative estimate of drug-likeness (QED) is 0.734. The van der Waals surface area contributed by atoms with Gasteiger partial charge in [0.2, 0.25) is 5.91 Å². The Morgan fingerprint density at radius 1 is 1.23 bits per heavy atom. The van der Waals surface area contributed by atoms with Crippen molar-refractivity contribution in [3.8, 4) is 0 Å². The first kappa shape index (κ1) is 18.9. The molecule has 1 saturated heterocycles. The number of hydrogen-bond donors (Lipinski definition) is 0. The molecular formula is C19H20F3NO2S. The standard InChI is InChI=1S/C19H20F3NO2S/c20-19(21,22)15-7-5-14(6-8-15)11-18(24)23(12-16-3-1-9-25-16)13-17-4-2-10-26-17/h2,4-8,10,16H,1,3,9,11-13H2. The molecule has 26 heavy (non-hydrogen) atoms. The zero-order chi connectivity index (χ0) is 18.6. The number of ether oxygens (including phenoxy) is 1. The van der Waals surface area contributed by atoms with Gasteiger partial charge in [-0.3, -0.25) is 4.79 Å². The fourth-order valence-electron chi connectivity index (χ4n) is 2.98. The lowest BCUT2D eigenvalue weighted by atomic mass is 10.1. The predicted octanol–water partition coefficient (Wildman–Crippen LogP) is 4.52. The highest BCUT2D eigenvalue weighted by atomic mass is 32.1. The van der Waals surface area contributed by atoms with Crippen LogP contribution in [0.2, 0.25) is 0 Å². The third-order valence-corrected chi connectivity index (χ3v) is 5.23. The smallest absolute Gasteiger partial charge is 0.376 e. The minimum Gasteiger partial charge on any atom is -0.376 e. The van der Waals surface area contributed by atoms with Crippen LogP contribution in [0.25, 0.3) is 0 Å². The van der Waals surface area contributed by atoms with Crippen molar-refractivity contribution >= 4 is 17.2 Å². The van der Waals surface area contributed by atoms with Crippen molar-refractivity contribution in [3.63, 3.8) is 0 Å². The Kier molecular flexibility index (Phi) is 5.98. The zero-order valence-corrected chi connectivity index (χ0v) is 15.0. The highest BCUT2D eigenvalue weighted by Gasteiger charge is 2.30. The van der Waals surface area contributed by atoms with Gasteiger partial charge in [0.15, 0.2) is 0 Å². The molecule has 1 unspecified atom stereocenters. The monoisotopic (exact) mass is 383 g/mol. The maximum atomic E-state index is 12.8. The number of alkyl halides is 3. The number of carbonyl (C=O) groups excluding carboxylic acids is 1. The summed E-state index contributed by atoms with van der Waals surface area (Å²) in [6.07, 6.45) is -2.34. The Balaban J connectivity index is 1.67. The van der Waals surface area contributed by atoms with Gasteiger partial charge in [-0.2, -0.15) is 13.2 Å². The summed E-state index contributed by atoms with van der Waals surface area (Å²) < 4.78 is 43.6. The van der Waals surface area contributed by atoms with E-state index in [1.165, 1.54) is 12.1 Å². The van der Waals surface area contributed by atoms with Crippen molar-refractivity contribution in [2.75, 3.05) is 13.2 Å². The molecule has 1 amide bonds. The van der Waals surface area contributed by atoms with E-state index in [9.17, 15) is 18.0 Å². The van der Waals surface area contributed by atoms with E-state index in [1.807, 2.05) is 17.5 Å². The fraction of sp³-hybridized carbons (Fsp3) is 0.421. The summed E-state index contributed by atoms with van der Waals surface area (Å²) >= 11 is 1.58. The van der Waals surface area contributed by atoms with Crippen LogP contribution in [-0.4, -0.2) is 30.1 Å². The van der Waals surface area contributed by atoms with Crippen LogP contribution in [0.4, 0.5) is 13.2 Å². The van der Waals surface area contributed by atoms with Gasteiger partial charge in [0, 0.05) is 18.0 Å². The summed E-state index contributed by atoms with van der Waals surface area (Å²) in [7, 11) is 0. The van der Waals surface area contributed by atoms with Crippen LogP contribution in [0.1, 0.15) is 28.8 Å². The molecule has 1 aliphatic heterocycles. The maximum absolute atomic E-state index is 12.8. The summed E-state index contributed by atoms with van der Waals surface area (Å²) in [5, 5.41) is 1.96. The summed E-state index contributed by atoms with van der Waals surface area (Å²) in [6, 6.07) is 8.69. The molecule has 0 bridgehead atoms. The molecule has 0 saturated carbocycles. The van der Waals surface area contributed by atoms with Gasteiger partial charge in [-0.25, -0.2) is 0 Å². The molecule has 3 nitrogen and oxygen atoms in total. The fourth-order valence-corrected chi connectivity index (χ4v) is 3.70. The van der Waals surface area contributed by atoms with Gasteiger partial charge in [-0.05, 0) is 42.0 Å². The Hall–Kier alpha value is -1.86. The second-order valence-electron chi connectivity index (χ2n) is 6.36. The summed E-state index contributed by atoms with van der Waals surface area (Å²) in [5.74, 6) is -0.103. The first-order valence-electron chi connectivity index (χ1n) is 8.50. The number of hydrogen-bond acceptors (Lipinski definition) is 3. The molecule has 0 N–H and O–H groups in total. The number of nitrogens with zero attached hydrogens (tertiary/aromatic N) is 1. The highest BCUT2D eigenvalue weighted by molar-refractivity contribution is 7.09. The van der Waals surface area contributed by atoms with Gasteiger partial charge in [-0.1, -0.05) is 18.2 Å². The van der Waals surface area contributed by atoms with Crippen LogP contribution in [0, 0.1) is 0 Å². The number of benzene rings is 1. The first-order chi connectivity index (χ1) is 12.4. The highest BCUT2D eigenvalue weighted by Crippen LogP contribution is 2.29. The maximum Gasteiger partial charge on any atom is 0.416 e. The molecule has 0 spiro atoms.